The summed E-state index contributed by atoms with van der Waals surface area (Å²) < 4.78 is 118. The van der Waals surface area contributed by atoms with Crippen molar-refractivity contribution in [3.63, 3.8) is 0 Å². The van der Waals surface area contributed by atoms with E-state index < -0.39 is 79.0 Å². The summed E-state index contributed by atoms with van der Waals surface area (Å²) in [6, 6.07) is 51.0. The van der Waals surface area contributed by atoms with Gasteiger partial charge in [0.25, 0.3) is 0 Å². The maximum absolute atomic E-state index is 13.3. The molecule has 0 aliphatic carbocycles. The monoisotopic (exact) mass is 1590 g/mol. The van der Waals surface area contributed by atoms with Crippen molar-refractivity contribution in [2.24, 2.45) is 0 Å². The van der Waals surface area contributed by atoms with E-state index in [1.165, 1.54) is 64.4 Å². The highest BCUT2D eigenvalue weighted by Crippen LogP contribution is 2.49. The van der Waals surface area contributed by atoms with Gasteiger partial charge >= 0.3 is 54.9 Å². The van der Waals surface area contributed by atoms with Crippen LogP contribution in [0.5, 0.6) is 46.0 Å². The van der Waals surface area contributed by atoms with Gasteiger partial charge in [-0.15, -0.1) is 0 Å². The molecule has 0 spiro atoms. The number of carbonyl (C=O) groups excluding carboxylic acids is 4. The van der Waals surface area contributed by atoms with Crippen molar-refractivity contribution in [1.82, 2.24) is 25.3 Å². The number of carbonyl (C=O) groups is 4. The number of ether oxygens (including phenoxy) is 4. The first-order valence-electron chi connectivity index (χ1n) is 32.1. The molecule has 4 N–H and O–H groups in total. The zero-order valence-corrected chi connectivity index (χ0v) is 65.3. The van der Waals surface area contributed by atoms with Crippen molar-refractivity contribution in [1.29, 1.82) is 0 Å². The molecule has 8 rings (SSSR count). The number of nitrogens with zero attached hydrogens (tertiary/aromatic N) is 1. The normalized spacial score (nSPS) is 14.3. The van der Waals surface area contributed by atoms with Gasteiger partial charge in [-0.25, -0.2) is 18.3 Å². The van der Waals surface area contributed by atoms with Crippen LogP contribution in [0.15, 0.2) is 213 Å². The fourth-order valence-electron chi connectivity index (χ4n) is 7.83. The van der Waals surface area contributed by atoms with Gasteiger partial charge in [-0.2, -0.15) is 20.3 Å². The van der Waals surface area contributed by atoms with Crippen LogP contribution in [0.25, 0.3) is 0 Å². The number of esters is 4. The van der Waals surface area contributed by atoms with Crippen molar-refractivity contribution in [2.75, 3.05) is 0 Å². The summed E-state index contributed by atoms with van der Waals surface area (Å²) in [5, 5.41) is 12.0. The van der Waals surface area contributed by atoms with Gasteiger partial charge in [-0.05, 0) is 186 Å². The van der Waals surface area contributed by atoms with Crippen LogP contribution in [-0.2, 0) is 56.4 Å². The Morgan fingerprint density at radius 3 is 0.692 bits per heavy atom. The molecule has 0 amide bonds. The first-order chi connectivity index (χ1) is 49.1. The molecule has 1 aromatic heterocycles. The molecule has 560 valence electrons. The minimum Gasteiger partial charge on any atom is -0.462 e. The number of benzene rings is 7. The van der Waals surface area contributed by atoms with Gasteiger partial charge in [0, 0.05) is 27.3 Å². The lowest BCUT2D eigenvalue weighted by molar-refractivity contribution is -0.149. The Morgan fingerprint density at radius 1 is 0.279 bits per heavy atom. The average molecular weight is 1590 g/mol. The van der Waals surface area contributed by atoms with Gasteiger partial charge in [-0.1, -0.05) is 137 Å². The molecule has 0 aliphatic heterocycles. The molecule has 104 heavy (non-hydrogen) atoms. The van der Waals surface area contributed by atoms with E-state index >= 15 is 0 Å². The summed E-state index contributed by atoms with van der Waals surface area (Å²) in [6.07, 6.45) is 1.55. The molecule has 0 saturated heterocycles. The number of aromatic nitrogens is 1. The Bertz CT molecular complexity index is 3670. The van der Waals surface area contributed by atoms with E-state index in [0.29, 0.717) is 43.1 Å². The van der Waals surface area contributed by atoms with E-state index in [4.69, 9.17) is 102 Å². The molecule has 0 saturated carbocycles. The van der Waals surface area contributed by atoms with Crippen LogP contribution in [0.4, 0.5) is 0 Å². The van der Waals surface area contributed by atoms with Gasteiger partial charge in [0.05, 0.1) is 35.6 Å². The maximum atomic E-state index is 13.3. The van der Waals surface area contributed by atoms with E-state index in [9.17, 15) is 37.4 Å². The minimum absolute atomic E-state index is 0.133. The molecular weight excluding hydrogens is 1510 g/mol. The third-order valence-electron chi connectivity index (χ3n) is 12.1. The Kier molecular flexibility index (Phi) is 35.6. The molecular formula is C71H83Cl4N5O20P4. The van der Waals surface area contributed by atoms with Gasteiger partial charge in [0.1, 0.15) is 64.4 Å². The summed E-state index contributed by atoms with van der Waals surface area (Å²) >= 11 is 23.7. The second-order valence-electron chi connectivity index (χ2n) is 23.0. The largest absolute Gasteiger partial charge is 0.513 e. The number of pyridine rings is 1. The van der Waals surface area contributed by atoms with E-state index in [0.717, 1.165) is 0 Å². The molecule has 0 bridgehead atoms. The van der Waals surface area contributed by atoms with Gasteiger partial charge in [0.2, 0.25) is 0 Å². The highest BCUT2D eigenvalue weighted by Gasteiger charge is 2.38. The third-order valence-corrected chi connectivity index (χ3v) is 19.4. The van der Waals surface area contributed by atoms with Crippen molar-refractivity contribution < 1.29 is 92.6 Å². The lowest BCUT2D eigenvalue weighted by Crippen LogP contribution is -2.36. The average Bonchev–Trinajstić information content (AvgIpc) is 0.848. The standard InChI is InChI=1S/3C18H21ClNO5P.C17H20ClN2O5P/c3*1-13(2)23-18(21)14(3)20-26(22,24-16-9-5-4-6-10-16)25-17-11-7-8-15(19)12-17;1-12(2)23-17(21)13(3)20-26(22,24-15-7-5-4-6-8-15)25-16-9-14(18)10-19-11-16/h3*4-14H,1-3H3,(H,20,22);4-13H,1-3H3,(H,20,22)/t14-,26+;2*14-,26-;13-,26+/m1100/s1. The van der Waals surface area contributed by atoms with Gasteiger partial charge < -0.3 is 55.1 Å². The maximum Gasteiger partial charge on any atom is 0.513 e. The molecule has 7 aromatic carbocycles. The second kappa shape index (κ2) is 42.7. The number of nitrogens with one attached hydrogen (secondary N) is 4. The minimum atomic E-state index is -3.99. The van der Waals surface area contributed by atoms with E-state index in [2.05, 4.69) is 25.3 Å². The number of halogens is 4. The molecule has 8 atom stereocenters. The summed E-state index contributed by atoms with van der Waals surface area (Å²) in [4.78, 5) is 52.1. The Hall–Kier alpha value is -8.11. The van der Waals surface area contributed by atoms with Crippen molar-refractivity contribution in [3.05, 3.63) is 233 Å². The van der Waals surface area contributed by atoms with Crippen LogP contribution in [0.2, 0.25) is 20.1 Å². The SMILES string of the molecule is CC(C)OC(=O)[C@@H](C)N[P@@](=O)(Oc1ccccc1)Oc1cccc(Cl)c1.CC(C)OC(=O)[C@@H](C)N[P@](=O)(Oc1ccccc1)Oc1cccc(Cl)c1.CC(C)OC(=O)[C@H](C)N[P@@](=O)(Oc1ccccc1)Oc1cncc(Cl)c1.CC(C)OC(=O)[C@H](C)N[P@](=O)(Oc1ccccc1)Oc1cccc(Cl)c1. The number of hydrogen-bond acceptors (Lipinski definition) is 21. The summed E-state index contributed by atoms with van der Waals surface area (Å²) in [5.41, 5.74) is 0. The molecule has 0 radical (unpaired) electrons. The fraction of sp³-hybridized carbons (Fsp3) is 0.282. The van der Waals surface area contributed by atoms with Crippen LogP contribution in [-0.4, -0.2) is 77.4 Å². The first kappa shape index (κ1) is 86.5. The van der Waals surface area contributed by atoms with Crippen LogP contribution in [0, 0.1) is 0 Å². The molecule has 8 aromatic rings. The molecule has 0 unspecified atom stereocenters. The topological polar surface area (TPSA) is 308 Å². The van der Waals surface area contributed by atoms with Gasteiger partial charge in [0.15, 0.2) is 5.75 Å². The highest BCUT2D eigenvalue weighted by molar-refractivity contribution is 7.53. The molecule has 0 aliphatic rings. The third kappa shape index (κ3) is 33.3. The lowest BCUT2D eigenvalue weighted by atomic mass is 10.3. The molecule has 33 heteroatoms. The number of rotatable bonds is 32. The summed E-state index contributed by atoms with van der Waals surface area (Å²) in [6.45, 7) is 19.9. The smallest absolute Gasteiger partial charge is 0.462 e. The highest BCUT2D eigenvalue weighted by atomic mass is 35.5. The van der Waals surface area contributed by atoms with Crippen LogP contribution in [0.3, 0.4) is 0 Å². The Labute approximate surface area is 625 Å². The zero-order valence-electron chi connectivity index (χ0n) is 58.7. The zero-order chi connectivity index (χ0) is 76.6. The Balaban J connectivity index is 0.000000249. The summed E-state index contributed by atoms with van der Waals surface area (Å²) in [5.74, 6) is -0.110. The molecule has 0 fully saturated rings. The van der Waals surface area contributed by atoms with Crippen LogP contribution < -0.4 is 56.5 Å². The van der Waals surface area contributed by atoms with Crippen molar-refractivity contribution in [2.45, 2.75) is 132 Å². The predicted octanol–water partition coefficient (Wildman–Crippen LogP) is 18.7. The van der Waals surface area contributed by atoms with Crippen molar-refractivity contribution >= 4 is 101 Å². The molecule has 25 nitrogen and oxygen atoms in total. The quantitative estimate of drug-likeness (QED) is 0.0173. The van der Waals surface area contributed by atoms with Gasteiger partial charge in [-0.3, -0.25) is 24.2 Å². The van der Waals surface area contributed by atoms with Crippen LogP contribution >= 0.6 is 77.4 Å². The Morgan fingerprint density at radius 2 is 0.481 bits per heavy atom. The van der Waals surface area contributed by atoms with E-state index in [1.807, 2.05) is 0 Å². The summed E-state index contributed by atoms with van der Waals surface area (Å²) in [7, 11) is -15.8. The molecule has 1 heterocycles. The first-order valence-corrected chi connectivity index (χ1v) is 39.7. The van der Waals surface area contributed by atoms with Crippen LogP contribution in [0.1, 0.15) is 83.1 Å². The lowest BCUT2D eigenvalue weighted by Gasteiger charge is -2.23. The number of para-hydroxylation sites is 4. The number of hydrogen-bond donors (Lipinski definition) is 4. The predicted molar refractivity (Wildman–Crippen MR) is 400 cm³/mol. The van der Waals surface area contributed by atoms with E-state index in [1.54, 1.807) is 231 Å². The fourth-order valence-corrected chi connectivity index (χ4v) is 14.6. The second-order valence-corrected chi connectivity index (χ2v) is 31.2. The van der Waals surface area contributed by atoms with Crippen molar-refractivity contribution in [3.8, 4) is 46.0 Å². The van der Waals surface area contributed by atoms with E-state index in [-0.39, 0.29) is 47.4 Å².